The second kappa shape index (κ2) is 5.51. The van der Waals surface area contributed by atoms with Gasteiger partial charge in [0.15, 0.2) is 5.56 Å². The molecule has 1 aromatic heterocycles. The molecule has 1 aliphatic rings. The van der Waals surface area contributed by atoms with Gasteiger partial charge in [-0.15, -0.1) is 0 Å². The van der Waals surface area contributed by atoms with Crippen LogP contribution in [0.5, 0.6) is 0 Å². The van der Waals surface area contributed by atoms with E-state index < -0.39 is 11.2 Å². The van der Waals surface area contributed by atoms with Gasteiger partial charge in [0.25, 0.3) is 5.56 Å². The summed E-state index contributed by atoms with van der Waals surface area (Å²) in [6.07, 6.45) is 0.814. The Morgan fingerprint density at radius 1 is 1.35 bits per heavy atom. The molecule has 2 rings (SSSR count). The Morgan fingerprint density at radius 2 is 2.05 bits per heavy atom. The molecule has 7 nitrogen and oxygen atoms in total. The predicted molar refractivity (Wildman–Crippen MR) is 73.9 cm³/mol. The van der Waals surface area contributed by atoms with Crippen molar-refractivity contribution in [3.8, 4) is 6.07 Å². The van der Waals surface area contributed by atoms with Gasteiger partial charge in [0, 0.05) is 20.6 Å². The number of nitriles is 1. The monoisotopic (exact) mass is 278 g/mol. The van der Waals surface area contributed by atoms with Gasteiger partial charge in [0.1, 0.15) is 11.9 Å². The molecule has 0 aromatic carbocycles. The van der Waals surface area contributed by atoms with Crippen LogP contribution in [-0.2, 0) is 18.8 Å². The molecule has 1 saturated heterocycles. The first-order chi connectivity index (χ1) is 9.52. The Kier molecular flexibility index (Phi) is 3.95. The standard InChI is InChI=1S/C13H18N4O3/c1-4-9-8-20-6-5-17(9)11-10(7-14)12(18)16(3)13(19)15(11)2/h9H,4-6,8H2,1-3H3. The number of nitrogens with zero attached hydrogens (tertiary/aromatic N) is 4. The topological polar surface area (TPSA) is 80.3 Å². The highest BCUT2D eigenvalue weighted by Gasteiger charge is 2.28. The number of aromatic nitrogens is 2. The fraction of sp³-hybridized carbons (Fsp3) is 0.615. The smallest absolute Gasteiger partial charge is 0.332 e. The van der Waals surface area contributed by atoms with E-state index in [-0.39, 0.29) is 11.6 Å². The molecule has 0 aliphatic carbocycles. The molecule has 2 heterocycles. The lowest BCUT2D eigenvalue weighted by Gasteiger charge is -2.37. The molecular formula is C13H18N4O3. The molecule has 1 aliphatic heterocycles. The number of morpholine rings is 1. The SMILES string of the molecule is CCC1COCCN1c1c(C#N)c(=O)n(C)c(=O)n1C. The van der Waals surface area contributed by atoms with Gasteiger partial charge < -0.3 is 9.64 Å². The predicted octanol–water partition coefficient (Wildman–Crippen LogP) is -0.429. The van der Waals surface area contributed by atoms with E-state index in [0.29, 0.717) is 25.6 Å². The van der Waals surface area contributed by atoms with Crippen LogP contribution in [0.3, 0.4) is 0 Å². The third-order valence-corrected chi connectivity index (χ3v) is 3.72. The fourth-order valence-electron chi connectivity index (χ4n) is 2.54. The van der Waals surface area contributed by atoms with E-state index in [1.54, 1.807) is 7.05 Å². The lowest BCUT2D eigenvalue weighted by molar-refractivity contribution is 0.0920. The second-order valence-electron chi connectivity index (χ2n) is 4.85. The lowest BCUT2D eigenvalue weighted by atomic mass is 10.1. The molecule has 0 saturated carbocycles. The normalized spacial score (nSPS) is 18.9. The van der Waals surface area contributed by atoms with Crippen LogP contribution in [0, 0.1) is 11.3 Å². The Balaban J connectivity index is 2.70. The minimum atomic E-state index is -0.549. The summed E-state index contributed by atoms with van der Waals surface area (Å²) in [7, 11) is 2.96. The number of ether oxygens (including phenoxy) is 1. The van der Waals surface area contributed by atoms with Gasteiger partial charge in [-0.2, -0.15) is 5.26 Å². The van der Waals surface area contributed by atoms with E-state index in [0.717, 1.165) is 11.0 Å². The molecule has 108 valence electrons. The first kappa shape index (κ1) is 14.3. The van der Waals surface area contributed by atoms with Crippen LogP contribution in [0.2, 0.25) is 0 Å². The summed E-state index contributed by atoms with van der Waals surface area (Å²) < 4.78 is 7.76. The molecule has 0 bridgehead atoms. The number of anilines is 1. The van der Waals surface area contributed by atoms with Crippen LogP contribution in [0.4, 0.5) is 5.82 Å². The van der Waals surface area contributed by atoms with Gasteiger partial charge >= 0.3 is 5.69 Å². The summed E-state index contributed by atoms with van der Waals surface area (Å²) in [5, 5.41) is 9.29. The molecule has 0 N–H and O–H groups in total. The van der Waals surface area contributed by atoms with Gasteiger partial charge in [-0.3, -0.25) is 13.9 Å². The van der Waals surface area contributed by atoms with Gasteiger partial charge in [-0.1, -0.05) is 6.92 Å². The van der Waals surface area contributed by atoms with Crippen LogP contribution in [0.1, 0.15) is 18.9 Å². The minimum absolute atomic E-state index is 0.00921. The van der Waals surface area contributed by atoms with E-state index in [1.165, 1.54) is 11.6 Å². The van der Waals surface area contributed by atoms with Crippen molar-refractivity contribution in [2.24, 2.45) is 14.1 Å². The second-order valence-corrected chi connectivity index (χ2v) is 4.85. The van der Waals surface area contributed by atoms with Crippen molar-refractivity contribution < 1.29 is 4.74 Å². The number of hydrogen-bond donors (Lipinski definition) is 0. The summed E-state index contributed by atoms with van der Waals surface area (Å²) in [6.45, 7) is 3.63. The first-order valence-electron chi connectivity index (χ1n) is 6.57. The Labute approximate surface area is 116 Å². The molecule has 1 unspecified atom stereocenters. The summed E-state index contributed by atoms with van der Waals surface area (Å²) >= 11 is 0. The molecule has 0 spiro atoms. The zero-order chi connectivity index (χ0) is 14.9. The third kappa shape index (κ3) is 2.12. The van der Waals surface area contributed by atoms with Crippen LogP contribution in [-0.4, -0.2) is 34.9 Å². The molecule has 20 heavy (non-hydrogen) atoms. The Morgan fingerprint density at radius 3 is 2.65 bits per heavy atom. The summed E-state index contributed by atoms with van der Waals surface area (Å²) in [6, 6.07) is 2.00. The van der Waals surface area contributed by atoms with Gasteiger partial charge in [-0.05, 0) is 6.42 Å². The summed E-state index contributed by atoms with van der Waals surface area (Å²) in [5.41, 5.74) is -0.966. The van der Waals surface area contributed by atoms with Crippen LogP contribution >= 0.6 is 0 Å². The molecule has 0 radical (unpaired) electrons. The fourth-order valence-corrected chi connectivity index (χ4v) is 2.54. The van der Waals surface area contributed by atoms with Gasteiger partial charge in [-0.25, -0.2) is 4.79 Å². The van der Waals surface area contributed by atoms with E-state index in [1.807, 2.05) is 17.9 Å². The van der Waals surface area contributed by atoms with E-state index in [4.69, 9.17) is 4.74 Å². The van der Waals surface area contributed by atoms with Crippen molar-refractivity contribution in [3.63, 3.8) is 0 Å². The van der Waals surface area contributed by atoms with Crippen LogP contribution in [0.15, 0.2) is 9.59 Å². The van der Waals surface area contributed by atoms with Crippen molar-refractivity contribution in [1.29, 1.82) is 5.26 Å². The summed E-state index contributed by atoms with van der Waals surface area (Å²) in [4.78, 5) is 26.1. The van der Waals surface area contributed by atoms with Gasteiger partial charge in [0.2, 0.25) is 0 Å². The lowest BCUT2D eigenvalue weighted by Crippen LogP contribution is -2.50. The third-order valence-electron chi connectivity index (χ3n) is 3.72. The highest BCUT2D eigenvalue weighted by molar-refractivity contribution is 5.54. The molecule has 1 atom stereocenters. The van der Waals surface area contributed by atoms with Crippen molar-refractivity contribution in [1.82, 2.24) is 9.13 Å². The van der Waals surface area contributed by atoms with Crippen molar-refractivity contribution in [3.05, 3.63) is 26.4 Å². The van der Waals surface area contributed by atoms with Crippen LogP contribution in [0.25, 0.3) is 0 Å². The maximum absolute atomic E-state index is 12.1. The molecule has 1 aromatic rings. The average molecular weight is 278 g/mol. The highest BCUT2D eigenvalue weighted by Crippen LogP contribution is 2.21. The average Bonchev–Trinajstić information content (AvgIpc) is 2.48. The van der Waals surface area contributed by atoms with Crippen molar-refractivity contribution >= 4 is 5.82 Å². The largest absolute Gasteiger partial charge is 0.377 e. The maximum Gasteiger partial charge on any atom is 0.332 e. The molecule has 7 heteroatoms. The van der Waals surface area contributed by atoms with Crippen molar-refractivity contribution in [2.75, 3.05) is 24.7 Å². The molecule has 1 fully saturated rings. The minimum Gasteiger partial charge on any atom is -0.377 e. The van der Waals surface area contributed by atoms with E-state index in [2.05, 4.69) is 0 Å². The summed E-state index contributed by atoms with van der Waals surface area (Å²) in [5.74, 6) is 0.399. The van der Waals surface area contributed by atoms with Gasteiger partial charge in [0.05, 0.1) is 19.3 Å². The Hall–Kier alpha value is -2.07. The number of hydrogen-bond acceptors (Lipinski definition) is 5. The highest BCUT2D eigenvalue weighted by atomic mass is 16.5. The quantitative estimate of drug-likeness (QED) is 0.733. The zero-order valence-corrected chi connectivity index (χ0v) is 11.9. The van der Waals surface area contributed by atoms with Crippen molar-refractivity contribution in [2.45, 2.75) is 19.4 Å². The Bertz CT molecular complexity index is 668. The van der Waals surface area contributed by atoms with E-state index >= 15 is 0 Å². The first-order valence-corrected chi connectivity index (χ1v) is 6.57. The molecular weight excluding hydrogens is 260 g/mol. The number of rotatable bonds is 2. The van der Waals surface area contributed by atoms with Crippen LogP contribution < -0.4 is 16.1 Å². The van der Waals surface area contributed by atoms with E-state index in [9.17, 15) is 14.9 Å². The maximum atomic E-state index is 12.1. The molecule has 0 amide bonds. The zero-order valence-electron chi connectivity index (χ0n) is 11.9.